The smallest absolute Gasteiger partial charge is 0.0618 e. The second kappa shape index (κ2) is 6.53. The van der Waals surface area contributed by atoms with E-state index >= 15 is 0 Å². The van der Waals surface area contributed by atoms with Gasteiger partial charge < -0.3 is 10.1 Å². The van der Waals surface area contributed by atoms with Gasteiger partial charge in [-0.3, -0.25) is 0 Å². The molecule has 0 aliphatic heterocycles. The van der Waals surface area contributed by atoms with Crippen molar-refractivity contribution in [3.63, 3.8) is 0 Å². The summed E-state index contributed by atoms with van der Waals surface area (Å²) < 4.78 is 5.26. The molecule has 0 amide bonds. The van der Waals surface area contributed by atoms with Gasteiger partial charge >= 0.3 is 0 Å². The van der Waals surface area contributed by atoms with E-state index in [1.807, 2.05) is 11.3 Å². The van der Waals surface area contributed by atoms with E-state index in [-0.39, 0.29) is 5.41 Å². The molecule has 0 bridgehead atoms. The molecule has 1 unspecified atom stereocenters. The zero-order chi connectivity index (χ0) is 12.9. The fraction of sp³-hybridized carbons (Fsp3) is 0.714. The van der Waals surface area contributed by atoms with Gasteiger partial charge in [0.25, 0.3) is 0 Å². The quantitative estimate of drug-likeness (QED) is 0.807. The van der Waals surface area contributed by atoms with Crippen molar-refractivity contribution in [1.29, 1.82) is 0 Å². The summed E-state index contributed by atoms with van der Waals surface area (Å²) in [7, 11) is 1.77. The third-order valence-corrected chi connectivity index (χ3v) is 4.38. The molecule has 3 heteroatoms. The molecule has 0 radical (unpaired) electrons. The maximum Gasteiger partial charge on any atom is 0.0618 e. The van der Waals surface area contributed by atoms with E-state index in [1.54, 1.807) is 7.11 Å². The molecule has 0 saturated heterocycles. The van der Waals surface area contributed by atoms with Crippen LogP contribution in [0.15, 0.2) is 17.5 Å². The Hall–Kier alpha value is -0.380. The predicted molar refractivity (Wildman–Crippen MR) is 75.8 cm³/mol. The summed E-state index contributed by atoms with van der Waals surface area (Å²) in [6, 6.07) is 4.77. The van der Waals surface area contributed by atoms with Crippen LogP contribution in [0.2, 0.25) is 0 Å². The van der Waals surface area contributed by atoms with Crippen molar-refractivity contribution < 1.29 is 4.74 Å². The second-order valence-electron chi connectivity index (χ2n) is 5.55. The minimum atomic E-state index is 0.190. The van der Waals surface area contributed by atoms with Crippen LogP contribution in [-0.4, -0.2) is 26.3 Å². The Balaban J connectivity index is 2.53. The third kappa shape index (κ3) is 4.41. The van der Waals surface area contributed by atoms with Crippen LogP contribution in [-0.2, 0) is 10.2 Å². The van der Waals surface area contributed by atoms with E-state index < -0.39 is 0 Å². The van der Waals surface area contributed by atoms with Crippen molar-refractivity contribution in [2.24, 2.45) is 5.92 Å². The Morgan fingerprint density at radius 3 is 2.59 bits per heavy atom. The Morgan fingerprint density at radius 2 is 2.12 bits per heavy atom. The predicted octanol–water partition coefficient (Wildman–Crippen LogP) is 3.29. The van der Waals surface area contributed by atoms with Gasteiger partial charge in [-0.1, -0.05) is 33.8 Å². The fourth-order valence-electron chi connectivity index (χ4n) is 1.80. The van der Waals surface area contributed by atoms with E-state index in [2.05, 4.69) is 50.5 Å². The van der Waals surface area contributed by atoms with Gasteiger partial charge in [0.05, 0.1) is 6.61 Å². The lowest BCUT2D eigenvalue weighted by Gasteiger charge is -2.29. The Kier molecular flexibility index (Phi) is 5.63. The summed E-state index contributed by atoms with van der Waals surface area (Å²) >= 11 is 1.83. The van der Waals surface area contributed by atoms with Gasteiger partial charge in [-0.05, 0) is 17.4 Å². The molecule has 0 spiro atoms. The molecule has 0 aliphatic rings. The van der Waals surface area contributed by atoms with Crippen LogP contribution in [0.1, 0.15) is 32.6 Å². The minimum Gasteiger partial charge on any atom is -0.383 e. The summed E-state index contributed by atoms with van der Waals surface area (Å²) in [6.07, 6.45) is 0. The van der Waals surface area contributed by atoms with Crippen LogP contribution < -0.4 is 5.32 Å². The van der Waals surface area contributed by atoms with Crippen molar-refractivity contribution in [1.82, 2.24) is 5.32 Å². The van der Waals surface area contributed by atoms with E-state index in [0.717, 1.165) is 13.2 Å². The first-order chi connectivity index (χ1) is 7.97. The van der Waals surface area contributed by atoms with Crippen LogP contribution >= 0.6 is 11.3 Å². The Labute approximate surface area is 109 Å². The molecule has 1 heterocycles. The molecular formula is C14H25NOS. The average Bonchev–Trinajstić information content (AvgIpc) is 2.77. The van der Waals surface area contributed by atoms with Gasteiger partial charge in [0, 0.05) is 30.0 Å². The fourth-order valence-corrected chi connectivity index (χ4v) is 2.66. The van der Waals surface area contributed by atoms with Crippen LogP contribution in [0.4, 0.5) is 0 Å². The highest BCUT2D eigenvalue weighted by Crippen LogP contribution is 2.26. The molecule has 1 atom stereocenters. The molecule has 0 saturated carbocycles. The minimum absolute atomic E-state index is 0.190. The molecule has 17 heavy (non-hydrogen) atoms. The molecule has 2 nitrogen and oxygen atoms in total. The molecule has 0 fully saturated rings. The summed E-state index contributed by atoms with van der Waals surface area (Å²) in [5.41, 5.74) is 0.190. The number of methoxy groups -OCH3 is 1. The summed E-state index contributed by atoms with van der Waals surface area (Å²) in [4.78, 5) is 1.44. The van der Waals surface area contributed by atoms with Gasteiger partial charge in [-0.25, -0.2) is 0 Å². The molecule has 1 rings (SSSR count). The highest BCUT2D eigenvalue weighted by molar-refractivity contribution is 7.10. The SMILES string of the molecule is COCC(NCC(C)(C)c1cccs1)C(C)C. The number of rotatable bonds is 7. The van der Waals surface area contributed by atoms with Crippen molar-refractivity contribution in [3.05, 3.63) is 22.4 Å². The first kappa shape index (κ1) is 14.7. The first-order valence-electron chi connectivity index (χ1n) is 6.23. The topological polar surface area (TPSA) is 21.3 Å². The standard InChI is InChI=1S/C14H25NOS/c1-11(2)12(9-16-5)15-10-14(3,4)13-7-6-8-17-13/h6-8,11-12,15H,9-10H2,1-5H3. The number of nitrogens with one attached hydrogen (secondary N) is 1. The average molecular weight is 255 g/mol. The molecule has 0 aromatic carbocycles. The lowest BCUT2D eigenvalue weighted by atomic mass is 9.90. The van der Waals surface area contributed by atoms with Crippen LogP contribution in [0, 0.1) is 5.92 Å². The Bertz CT molecular complexity index is 306. The first-order valence-corrected chi connectivity index (χ1v) is 7.11. The van der Waals surface area contributed by atoms with Crippen molar-refractivity contribution >= 4 is 11.3 Å². The van der Waals surface area contributed by atoms with E-state index in [9.17, 15) is 0 Å². The van der Waals surface area contributed by atoms with E-state index in [4.69, 9.17) is 4.74 Å². The van der Waals surface area contributed by atoms with Crippen molar-refractivity contribution in [2.75, 3.05) is 20.3 Å². The molecule has 98 valence electrons. The molecule has 1 N–H and O–H groups in total. The van der Waals surface area contributed by atoms with Gasteiger partial charge in [0.2, 0.25) is 0 Å². The number of thiophene rings is 1. The van der Waals surface area contributed by atoms with Crippen molar-refractivity contribution in [2.45, 2.75) is 39.2 Å². The van der Waals surface area contributed by atoms with E-state index in [1.165, 1.54) is 4.88 Å². The van der Waals surface area contributed by atoms with Crippen molar-refractivity contribution in [3.8, 4) is 0 Å². The maximum atomic E-state index is 5.26. The summed E-state index contributed by atoms with van der Waals surface area (Å²) in [5.74, 6) is 0.592. The highest BCUT2D eigenvalue weighted by atomic mass is 32.1. The maximum absolute atomic E-state index is 5.26. The second-order valence-corrected chi connectivity index (χ2v) is 6.50. The number of ether oxygens (including phenoxy) is 1. The normalized spacial score (nSPS) is 14.2. The summed E-state index contributed by atoms with van der Waals surface area (Å²) in [6.45, 7) is 10.8. The highest BCUT2D eigenvalue weighted by Gasteiger charge is 2.23. The number of hydrogen-bond acceptors (Lipinski definition) is 3. The zero-order valence-corrected chi connectivity index (χ0v) is 12.4. The lowest BCUT2D eigenvalue weighted by Crippen LogP contribution is -2.43. The molecule has 1 aromatic rings. The van der Waals surface area contributed by atoms with Crippen LogP contribution in [0.25, 0.3) is 0 Å². The third-order valence-electron chi connectivity index (χ3n) is 3.15. The monoisotopic (exact) mass is 255 g/mol. The molecule has 0 aliphatic carbocycles. The van der Waals surface area contributed by atoms with Crippen LogP contribution in [0.5, 0.6) is 0 Å². The van der Waals surface area contributed by atoms with Gasteiger partial charge in [-0.15, -0.1) is 11.3 Å². The Morgan fingerprint density at radius 1 is 1.41 bits per heavy atom. The lowest BCUT2D eigenvalue weighted by molar-refractivity contribution is 0.144. The zero-order valence-electron chi connectivity index (χ0n) is 11.6. The van der Waals surface area contributed by atoms with Gasteiger partial charge in [0.1, 0.15) is 0 Å². The van der Waals surface area contributed by atoms with E-state index in [0.29, 0.717) is 12.0 Å². The largest absolute Gasteiger partial charge is 0.383 e. The van der Waals surface area contributed by atoms with Crippen LogP contribution in [0.3, 0.4) is 0 Å². The van der Waals surface area contributed by atoms with Gasteiger partial charge in [-0.2, -0.15) is 0 Å². The number of hydrogen-bond donors (Lipinski definition) is 1. The van der Waals surface area contributed by atoms with Gasteiger partial charge in [0.15, 0.2) is 0 Å². The molecular weight excluding hydrogens is 230 g/mol. The molecule has 1 aromatic heterocycles. The summed E-state index contributed by atoms with van der Waals surface area (Å²) in [5, 5.41) is 5.78.